The molecule has 0 saturated heterocycles. The summed E-state index contributed by atoms with van der Waals surface area (Å²) in [6.07, 6.45) is -4.96. The second kappa shape index (κ2) is 5.52. The zero-order valence-corrected chi connectivity index (χ0v) is 11.3. The van der Waals surface area contributed by atoms with E-state index in [1.54, 1.807) is 0 Å². The van der Waals surface area contributed by atoms with Crippen molar-refractivity contribution in [2.75, 3.05) is 13.2 Å². The van der Waals surface area contributed by atoms with Crippen LogP contribution in [0.2, 0.25) is 0 Å². The van der Waals surface area contributed by atoms with Crippen LogP contribution in [0.3, 0.4) is 0 Å². The van der Waals surface area contributed by atoms with Crippen molar-refractivity contribution in [2.24, 2.45) is 5.41 Å². The summed E-state index contributed by atoms with van der Waals surface area (Å²) in [5.74, 6) is -4.80. The van der Waals surface area contributed by atoms with Crippen LogP contribution >= 0.6 is 0 Å². The molecule has 0 spiro atoms. The van der Waals surface area contributed by atoms with Gasteiger partial charge in [0.1, 0.15) is 6.61 Å². The van der Waals surface area contributed by atoms with Gasteiger partial charge in [-0.15, -0.1) is 0 Å². The third-order valence-corrected chi connectivity index (χ3v) is 3.60. The first kappa shape index (κ1) is 16.6. The highest BCUT2D eigenvalue weighted by Gasteiger charge is 2.58. The summed E-state index contributed by atoms with van der Waals surface area (Å²) < 4.78 is 66.7. The number of halogens is 5. The second-order valence-electron chi connectivity index (χ2n) is 5.61. The van der Waals surface area contributed by atoms with E-state index >= 15 is 0 Å². The minimum Gasteiger partial charge on any atom is -0.370 e. The monoisotopic (exact) mass is 289 g/mol. The van der Waals surface area contributed by atoms with Crippen molar-refractivity contribution >= 4 is 0 Å². The van der Waals surface area contributed by atoms with Gasteiger partial charge in [0, 0.05) is 6.04 Å². The quantitative estimate of drug-likeness (QED) is 0.784. The predicted molar refractivity (Wildman–Crippen MR) is 61.2 cm³/mol. The lowest BCUT2D eigenvalue weighted by atomic mass is 9.87. The highest BCUT2D eigenvalue weighted by Crippen LogP contribution is 2.41. The van der Waals surface area contributed by atoms with Gasteiger partial charge in [-0.05, 0) is 24.8 Å². The van der Waals surface area contributed by atoms with E-state index in [0.717, 1.165) is 6.42 Å². The van der Waals surface area contributed by atoms with Crippen LogP contribution in [0.5, 0.6) is 0 Å². The van der Waals surface area contributed by atoms with E-state index in [4.69, 9.17) is 4.74 Å². The van der Waals surface area contributed by atoms with Gasteiger partial charge in [-0.2, -0.15) is 22.0 Å². The number of hydrogen-bond acceptors (Lipinski definition) is 2. The Hall–Kier alpha value is -0.430. The topological polar surface area (TPSA) is 21.3 Å². The van der Waals surface area contributed by atoms with Crippen molar-refractivity contribution in [1.29, 1.82) is 0 Å². The van der Waals surface area contributed by atoms with E-state index < -0.39 is 24.8 Å². The van der Waals surface area contributed by atoms with Crippen molar-refractivity contribution in [1.82, 2.24) is 5.32 Å². The Kier molecular flexibility index (Phi) is 4.83. The molecule has 114 valence electrons. The SMILES string of the molecule is CCNC1C(OCC(F)(F)C(F)(F)F)CCC1(C)C. The fourth-order valence-electron chi connectivity index (χ4n) is 2.44. The van der Waals surface area contributed by atoms with E-state index in [1.165, 1.54) is 0 Å². The molecule has 0 radical (unpaired) electrons. The number of rotatable bonds is 5. The minimum atomic E-state index is -5.56. The van der Waals surface area contributed by atoms with Gasteiger partial charge in [0.2, 0.25) is 0 Å². The number of likely N-dealkylation sites (N-methyl/N-ethyl adjacent to an activating group) is 1. The van der Waals surface area contributed by atoms with Crippen molar-refractivity contribution < 1.29 is 26.7 Å². The molecule has 2 nitrogen and oxygen atoms in total. The van der Waals surface area contributed by atoms with Gasteiger partial charge in [0.05, 0.1) is 6.10 Å². The molecule has 0 heterocycles. The first-order chi connectivity index (χ1) is 8.51. The number of ether oxygens (including phenoxy) is 1. The average molecular weight is 289 g/mol. The molecule has 2 unspecified atom stereocenters. The lowest BCUT2D eigenvalue weighted by Crippen LogP contribution is -2.48. The second-order valence-corrected chi connectivity index (χ2v) is 5.61. The first-order valence-electron chi connectivity index (χ1n) is 6.31. The van der Waals surface area contributed by atoms with E-state index in [2.05, 4.69) is 5.32 Å². The van der Waals surface area contributed by atoms with Crippen LogP contribution in [0.1, 0.15) is 33.6 Å². The summed E-state index contributed by atoms with van der Waals surface area (Å²) in [6.45, 7) is 4.76. The molecule has 0 amide bonds. The zero-order valence-electron chi connectivity index (χ0n) is 11.3. The van der Waals surface area contributed by atoms with Crippen LogP contribution in [-0.2, 0) is 4.74 Å². The maximum Gasteiger partial charge on any atom is 0.455 e. The summed E-state index contributed by atoms with van der Waals surface area (Å²) in [7, 11) is 0. The number of nitrogens with one attached hydrogen (secondary N) is 1. The maximum atomic E-state index is 12.8. The summed E-state index contributed by atoms with van der Waals surface area (Å²) >= 11 is 0. The van der Waals surface area contributed by atoms with Crippen LogP contribution in [0.4, 0.5) is 22.0 Å². The lowest BCUT2D eigenvalue weighted by Gasteiger charge is -2.32. The third-order valence-electron chi connectivity index (χ3n) is 3.60. The first-order valence-corrected chi connectivity index (χ1v) is 6.31. The maximum absolute atomic E-state index is 12.8. The Balaban J connectivity index is 2.63. The summed E-state index contributed by atoms with van der Waals surface area (Å²) in [4.78, 5) is 0. The van der Waals surface area contributed by atoms with Gasteiger partial charge in [-0.1, -0.05) is 20.8 Å². The molecule has 0 aromatic carbocycles. The third kappa shape index (κ3) is 3.78. The summed E-state index contributed by atoms with van der Waals surface area (Å²) in [6, 6.07) is -0.207. The van der Waals surface area contributed by atoms with Crippen molar-refractivity contribution in [3.8, 4) is 0 Å². The molecule has 0 aromatic rings. The summed E-state index contributed by atoms with van der Waals surface area (Å²) in [5.41, 5.74) is -0.172. The Morgan fingerprint density at radius 3 is 2.26 bits per heavy atom. The van der Waals surface area contributed by atoms with Gasteiger partial charge in [0.15, 0.2) is 0 Å². The van der Waals surface area contributed by atoms with E-state index in [1.807, 2.05) is 20.8 Å². The highest BCUT2D eigenvalue weighted by atomic mass is 19.4. The Bertz CT molecular complexity index is 303. The van der Waals surface area contributed by atoms with Crippen molar-refractivity contribution in [3.05, 3.63) is 0 Å². The van der Waals surface area contributed by atoms with E-state index in [-0.39, 0.29) is 11.5 Å². The molecule has 1 aliphatic rings. The minimum absolute atomic E-state index is 0.172. The highest BCUT2D eigenvalue weighted by molar-refractivity contribution is 4.97. The van der Waals surface area contributed by atoms with E-state index in [9.17, 15) is 22.0 Å². The number of alkyl halides is 5. The average Bonchev–Trinajstić information content (AvgIpc) is 2.52. The van der Waals surface area contributed by atoms with Crippen LogP contribution in [0, 0.1) is 5.41 Å². The number of hydrogen-bond donors (Lipinski definition) is 1. The van der Waals surface area contributed by atoms with Gasteiger partial charge in [-0.25, -0.2) is 0 Å². The van der Waals surface area contributed by atoms with Crippen LogP contribution in [-0.4, -0.2) is 37.4 Å². The van der Waals surface area contributed by atoms with Gasteiger partial charge >= 0.3 is 12.1 Å². The van der Waals surface area contributed by atoms with Crippen molar-refractivity contribution in [2.45, 2.75) is 57.9 Å². The molecular formula is C12H20F5NO. The Morgan fingerprint density at radius 2 is 1.79 bits per heavy atom. The van der Waals surface area contributed by atoms with Crippen LogP contribution < -0.4 is 5.32 Å². The van der Waals surface area contributed by atoms with Crippen LogP contribution in [0.15, 0.2) is 0 Å². The molecule has 19 heavy (non-hydrogen) atoms. The van der Waals surface area contributed by atoms with Gasteiger partial charge in [-0.3, -0.25) is 0 Å². The molecule has 0 bridgehead atoms. The molecular weight excluding hydrogens is 269 g/mol. The molecule has 2 atom stereocenters. The van der Waals surface area contributed by atoms with Crippen molar-refractivity contribution in [3.63, 3.8) is 0 Å². The summed E-state index contributed by atoms with van der Waals surface area (Å²) in [5, 5.41) is 3.11. The molecule has 0 aromatic heterocycles. The fourth-order valence-corrected chi connectivity index (χ4v) is 2.44. The molecule has 7 heteroatoms. The normalized spacial score (nSPS) is 27.8. The standard InChI is InChI=1S/C12H20F5NO/c1-4-18-9-8(5-6-10(9,2)3)19-7-11(13,14)12(15,16)17/h8-9,18H,4-7H2,1-3H3. The lowest BCUT2D eigenvalue weighted by molar-refractivity contribution is -0.300. The van der Waals surface area contributed by atoms with E-state index in [0.29, 0.717) is 13.0 Å². The molecule has 1 rings (SSSR count). The Morgan fingerprint density at radius 1 is 1.21 bits per heavy atom. The van der Waals surface area contributed by atoms with Gasteiger partial charge in [0.25, 0.3) is 0 Å². The fraction of sp³-hybridized carbons (Fsp3) is 1.00. The molecule has 1 saturated carbocycles. The zero-order chi connectivity index (χ0) is 14.9. The predicted octanol–water partition coefficient (Wildman–Crippen LogP) is 3.37. The molecule has 1 fully saturated rings. The van der Waals surface area contributed by atoms with Gasteiger partial charge < -0.3 is 10.1 Å². The van der Waals surface area contributed by atoms with Crippen LogP contribution in [0.25, 0.3) is 0 Å². The Labute approximate surface area is 109 Å². The molecule has 1 aliphatic carbocycles. The molecule has 0 aliphatic heterocycles. The molecule has 1 N–H and O–H groups in total. The largest absolute Gasteiger partial charge is 0.455 e. The smallest absolute Gasteiger partial charge is 0.370 e.